The Balaban J connectivity index is 1.37. The van der Waals surface area contributed by atoms with E-state index >= 15 is 0 Å². The summed E-state index contributed by atoms with van der Waals surface area (Å²) >= 11 is 0. The second kappa shape index (κ2) is 6.96. The van der Waals surface area contributed by atoms with Crippen LogP contribution in [0.5, 0.6) is 5.75 Å². The van der Waals surface area contributed by atoms with Gasteiger partial charge in [-0.1, -0.05) is 6.07 Å². The number of hydrogen-bond acceptors (Lipinski definition) is 4. The number of ether oxygens (including phenoxy) is 1. The van der Waals surface area contributed by atoms with Crippen molar-refractivity contribution in [3.05, 3.63) is 65.6 Å². The van der Waals surface area contributed by atoms with E-state index in [1.807, 2.05) is 0 Å². The van der Waals surface area contributed by atoms with Crippen LogP contribution in [0.3, 0.4) is 0 Å². The molecule has 1 saturated carbocycles. The predicted octanol–water partition coefficient (Wildman–Crippen LogP) is 2.44. The van der Waals surface area contributed by atoms with Crippen molar-refractivity contribution in [1.82, 2.24) is 14.7 Å². The van der Waals surface area contributed by atoms with Crippen LogP contribution in [-0.4, -0.2) is 32.5 Å². The van der Waals surface area contributed by atoms with Gasteiger partial charge < -0.3 is 15.2 Å². The van der Waals surface area contributed by atoms with E-state index in [1.165, 1.54) is 6.20 Å². The van der Waals surface area contributed by atoms with Crippen LogP contribution >= 0.6 is 0 Å². The number of nitrogens with one attached hydrogen (secondary N) is 1. The summed E-state index contributed by atoms with van der Waals surface area (Å²) in [5, 5.41) is 12.2. The molecule has 8 heteroatoms. The number of aliphatic hydroxyl groups is 1. The van der Waals surface area contributed by atoms with E-state index in [-0.39, 0.29) is 30.4 Å². The zero-order chi connectivity index (χ0) is 19.0. The molecule has 2 aromatic heterocycles. The van der Waals surface area contributed by atoms with Gasteiger partial charge in [-0.2, -0.15) is 0 Å². The summed E-state index contributed by atoms with van der Waals surface area (Å²) in [6.45, 7) is -0.162. The Morgan fingerprint density at radius 1 is 1.30 bits per heavy atom. The van der Waals surface area contributed by atoms with E-state index in [4.69, 9.17) is 4.74 Å². The third-order valence-electron chi connectivity index (χ3n) is 4.59. The molecule has 140 valence electrons. The number of aromatic nitrogens is 2. The molecule has 0 aliphatic heterocycles. The number of carbonyl (C=O) groups is 1. The topological polar surface area (TPSA) is 75.9 Å². The van der Waals surface area contributed by atoms with Crippen molar-refractivity contribution >= 4 is 11.6 Å². The van der Waals surface area contributed by atoms with Crippen LogP contribution in [0.2, 0.25) is 0 Å². The number of imidazole rings is 1. The van der Waals surface area contributed by atoms with Gasteiger partial charge in [0.05, 0.1) is 12.8 Å². The van der Waals surface area contributed by atoms with Crippen molar-refractivity contribution in [1.29, 1.82) is 0 Å². The number of benzene rings is 1. The molecule has 0 saturated heterocycles. The van der Waals surface area contributed by atoms with Crippen molar-refractivity contribution < 1.29 is 23.4 Å². The molecule has 3 aromatic rings. The highest BCUT2D eigenvalue weighted by Crippen LogP contribution is 2.27. The minimum absolute atomic E-state index is 0.0903. The van der Waals surface area contributed by atoms with Crippen molar-refractivity contribution in [2.75, 3.05) is 0 Å². The third-order valence-corrected chi connectivity index (χ3v) is 4.59. The molecule has 0 spiro atoms. The van der Waals surface area contributed by atoms with Crippen molar-refractivity contribution in [2.24, 2.45) is 0 Å². The molecule has 6 nitrogen and oxygen atoms in total. The zero-order valence-electron chi connectivity index (χ0n) is 14.2. The first-order valence-corrected chi connectivity index (χ1v) is 8.53. The van der Waals surface area contributed by atoms with Crippen molar-refractivity contribution in [2.45, 2.75) is 31.6 Å². The maximum atomic E-state index is 13.2. The third kappa shape index (κ3) is 3.48. The standard InChI is InChI=1S/C19H17F2N3O3/c20-12-4-13(21)6-15(5-12)27-16-7-14(8-16)23-19(26)17-9-22-18-11(10-25)2-1-3-24(17)18/h1-6,9,14,16,25H,7-8,10H2,(H,23,26)/t14-,16-. The normalized spacial score (nSPS) is 18.9. The highest BCUT2D eigenvalue weighted by atomic mass is 19.1. The Labute approximate surface area is 153 Å². The number of carbonyl (C=O) groups excluding carboxylic acids is 1. The molecule has 2 N–H and O–H groups in total. The van der Waals surface area contributed by atoms with Gasteiger partial charge in [-0.15, -0.1) is 0 Å². The summed E-state index contributed by atoms with van der Waals surface area (Å²) in [6.07, 6.45) is 4.05. The van der Waals surface area contributed by atoms with Crippen LogP contribution < -0.4 is 10.1 Å². The van der Waals surface area contributed by atoms with Crippen LogP contribution in [0.25, 0.3) is 5.65 Å². The number of pyridine rings is 1. The maximum Gasteiger partial charge on any atom is 0.270 e. The number of nitrogens with zero attached hydrogens (tertiary/aromatic N) is 2. The van der Waals surface area contributed by atoms with Crippen molar-refractivity contribution in [3.8, 4) is 5.75 Å². The molecule has 0 bridgehead atoms. The molecule has 1 aliphatic carbocycles. The Hall–Kier alpha value is -3.00. The quantitative estimate of drug-likeness (QED) is 0.720. The number of halogens is 2. The first-order valence-electron chi connectivity index (χ1n) is 8.53. The smallest absolute Gasteiger partial charge is 0.270 e. The molecule has 4 rings (SSSR count). The molecule has 1 amide bonds. The molecule has 1 fully saturated rings. The molecule has 0 unspecified atom stereocenters. The Kier molecular flexibility index (Phi) is 4.49. The van der Waals surface area contributed by atoms with Gasteiger partial charge in [-0.25, -0.2) is 13.8 Å². The summed E-state index contributed by atoms with van der Waals surface area (Å²) < 4.78 is 33.5. The lowest BCUT2D eigenvalue weighted by Gasteiger charge is -2.35. The van der Waals surface area contributed by atoms with Gasteiger partial charge in [0.25, 0.3) is 5.91 Å². The van der Waals surface area contributed by atoms with Crippen LogP contribution in [0.4, 0.5) is 8.78 Å². The molecule has 1 aliphatic rings. The van der Waals surface area contributed by atoms with Crippen molar-refractivity contribution in [3.63, 3.8) is 0 Å². The Morgan fingerprint density at radius 3 is 2.74 bits per heavy atom. The number of aliphatic hydroxyl groups excluding tert-OH is 1. The average molecular weight is 373 g/mol. The zero-order valence-corrected chi connectivity index (χ0v) is 14.2. The fourth-order valence-corrected chi connectivity index (χ4v) is 3.19. The van der Waals surface area contributed by atoms with E-state index in [0.29, 0.717) is 29.7 Å². The number of amides is 1. The predicted molar refractivity (Wildman–Crippen MR) is 92.4 cm³/mol. The lowest BCUT2D eigenvalue weighted by molar-refractivity contribution is 0.0694. The van der Waals surface area contributed by atoms with E-state index in [2.05, 4.69) is 10.3 Å². The van der Waals surface area contributed by atoms with Crippen LogP contribution in [0.15, 0.2) is 42.7 Å². The average Bonchev–Trinajstić information content (AvgIpc) is 3.03. The van der Waals surface area contributed by atoms with Gasteiger partial charge in [0.1, 0.15) is 34.8 Å². The molecule has 0 atom stereocenters. The number of hydrogen-bond donors (Lipinski definition) is 2. The summed E-state index contributed by atoms with van der Waals surface area (Å²) in [6, 6.07) is 6.44. The number of rotatable bonds is 5. The largest absolute Gasteiger partial charge is 0.490 e. The summed E-state index contributed by atoms with van der Waals surface area (Å²) in [4.78, 5) is 16.7. The van der Waals surface area contributed by atoms with Crippen LogP contribution in [0.1, 0.15) is 28.9 Å². The fraction of sp³-hybridized carbons (Fsp3) is 0.263. The lowest BCUT2D eigenvalue weighted by Crippen LogP contribution is -2.49. The number of fused-ring (bicyclic) bond motifs is 1. The van der Waals surface area contributed by atoms with Gasteiger partial charge in [0.2, 0.25) is 0 Å². The lowest BCUT2D eigenvalue weighted by atomic mass is 9.89. The second-order valence-electron chi connectivity index (χ2n) is 6.52. The summed E-state index contributed by atoms with van der Waals surface area (Å²) in [7, 11) is 0. The van der Waals surface area contributed by atoms with Gasteiger partial charge in [-0.05, 0) is 6.07 Å². The van der Waals surface area contributed by atoms with E-state index in [0.717, 1.165) is 18.2 Å². The van der Waals surface area contributed by atoms with E-state index in [9.17, 15) is 18.7 Å². The highest BCUT2D eigenvalue weighted by molar-refractivity contribution is 5.93. The van der Waals surface area contributed by atoms with Gasteiger partial charge in [0.15, 0.2) is 0 Å². The van der Waals surface area contributed by atoms with Gasteiger partial charge >= 0.3 is 0 Å². The van der Waals surface area contributed by atoms with Gasteiger partial charge in [-0.3, -0.25) is 9.20 Å². The molecular weight excluding hydrogens is 356 g/mol. The molecule has 27 heavy (non-hydrogen) atoms. The molecule has 1 aromatic carbocycles. The van der Waals surface area contributed by atoms with E-state index in [1.54, 1.807) is 22.7 Å². The summed E-state index contributed by atoms with van der Waals surface area (Å²) in [5.74, 6) is -1.52. The van der Waals surface area contributed by atoms with Gasteiger partial charge in [0, 0.05) is 48.8 Å². The molecule has 0 radical (unpaired) electrons. The first kappa shape index (κ1) is 17.4. The summed E-state index contributed by atoms with van der Waals surface area (Å²) in [5.41, 5.74) is 1.54. The highest BCUT2D eigenvalue weighted by Gasteiger charge is 2.33. The monoisotopic (exact) mass is 373 g/mol. The first-order chi connectivity index (χ1) is 13.0. The maximum absolute atomic E-state index is 13.2. The second-order valence-corrected chi connectivity index (χ2v) is 6.52. The SMILES string of the molecule is O=C(N[C@H]1C[C@H](Oc2cc(F)cc(F)c2)C1)c1cnc2c(CO)cccn12. The Morgan fingerprint density at radius 2 is 2.04 bits per heavy atom. The molecular formula is C19H17F2N3O3. The molecule has 2 heterocycles. The van der Waals surface area contributed by atoms with Crippen LogP contribution in [-0.2, 0) is 6.61 Å². The van der Waals surface area contributed by atoms with E-state index < -0.39 is 11.6 Å². The fourth-order valence-electron chi connectivity index (χ4n) is 3.19. The Bertz CT molecular complexity index is 979. The van der Waals surface area contributed by atoms with Crippen LogP contribution in [0, 0.1) is 11.6 Å². The minimum Gasteiger partial charge on any atom is -0.490 e. The minimum atomic E-state index is -0.691.